The van der Waals surface area contributed by atoms with Gasteiger partial charge in [-0.25, -0.2) is 0 Å². The molecule has 1 saturated carbocycles. The van der Waals surface area contributed by atoms with Crippen molar-refractivity contribution in [3.8, 4) is 0 Å². The number of hydrogen-bond donors (Lipinski definition) is 1. The van der Waals surface area contributed by atoms with Crippen molar-refractivity contribution in [1.82, 2.24) is 4.90 Å². The standard InChI is InChI=1S/C18H24N2O3/c1-4-5-11-20(3)17(23)18(9-10-18)16(22)19-15-8-6-7-14(12-15)13(2)21/h6-8,12H,4-5,9-11H2,1-3H3,(H,19,22). The molecule has 0 aromatic heterocycles. The minimum Gasteiger partial charge on any atom is -0.345 e. The highest BCUT2D eigenvalue weighted by Crippen LogP contribution is 2.48. The highest BCUT2D eigenvalue weighted by molar-refractivity contribution is 6.13. The van der Waals surface area contributed by atoms with Crippen LogP contribution in [0.3, 0.4) is 0 Å². The summed E-state index contributed by atoms with van der Waals surface area (Å²) in [7, 11) is 1.75. The molecule has 0 aliphatic heterocycles. The Morgan fingerprint density at radius 1 is 1.26 bits per heavy atom. The fraction of sp³-hybridized carbons (Fsp3) is 0.500. The molecule has 23 heavy (non-hydrogen) atoms. The predicted molar refractivity (Wildman–Crippen MR) is 89.3 cm³/mol. The van der Waals surface area contributed by atoms with E-state index in [1.54, 1.807) is 36.2 Å². The molecule has 0 bridgehead atoms. The lowest BCUT2D eigenvalue weighted by Gasteiger charge is -2.23. The molecule has 1 fully saturated rings. The Morgan fingerprint density at radius 2 is 1.96 bits per heavy atom. The maximum absolute atomic E-state index is 12.6. The molecule has 5 heteroatoms. The number of nitrogens with zero attached hydrogens (tertiary/aromatic N) is 1. The Hall–Kier alpha value is -2.17. The van der Waals surface area contributed by atoms with E-state index in [0.717, 1.165) is 12.8 Å². The van der Waals surface area contributed by atoms with Crippen molar-refractivity contribution in [1.29, 1.82) is 0 Å². The average Bonchev–Trinajstić information content (AvgIpc) is 3.33. The molecule has 0 saturated heterocycles. The third-order valence-electron chi connectivity index (χ3n) is 4.31. The fourth-order valence-corrected chi connectivity index (χ4v) is 2.59. The molecule has 1 aliphatic rings. The summed E-state index contributed by atoms with van der Waals surface area (Å²) in [6, 6.07) is 6.79. The number of carbonyl (C=O) groups is 3. The van der Waals surface area contributed by atoms with Gasteiger partial charge < -0.3 is 10.2 Å². The van der Waals surface area contributed by atoms with Crippen LogP contribution in [-0.2, 0) is 9.59 Å². The molecule has 0 unspecified atom stereocenters. The van der Waals surface area contributed by atoms with Crippen molar-refractivity contribution in [2.24, 2.45) is 5.41 Å². The molecule has 1 aliphatic carbocycles. The summed E-state index contributed by atoms with van der Waals surface area (Å²) in [4.78, 5) is 38.2. The van der Waals surface area contributed by atoms with E-state index in [1.165, 1.54) is 6.92 Å². The Bertz CT molecular complexity index is 620. The third-order valence-corrected chi connectivity index (χ3v) is 4.31. The van der Waals surface area contributed by atoms with Crippen LogP contribution in [0.4, 0.5) is 5.69 Å². The van der Waals surface area contributed by atoms with Gasteiger partial charge in [-0.05, 0) is 38.3 Å². The van der Waals surface area contributed by atoms with Gasteiger partial charge in [-0.3, -0.25) is 14.4 Å². The summed E-state index contributed by atoms with van der Waals surface area (Å²) < 4.78 is 0. The van der Waals surface area contributed by atoms with E-state index in [0.29, 0.717) is 30.6 Å². The number of carbonyl (C=O) groups excluding carboxylic acids is 3. The van der Waals surface area contributed by atoms with Crippen LogP contribution in [0.5, 0.6) is 0 Å². The molecule has 2 rings (SSSR count). The van der Waals surface area contributed by atoms with E-state index in [1.807, 2.05) is 0 Å². The smallest absolute Gasteiger partial charge is 0.240 e. The maximum atomic E-state index is 12.6. The number of amides is 2. The Kier molecular flexibility index (Phi) is 5.19. The van der Waals surface area contributed by atoms with Gasteiger partial charge in [0.15, 0.2) is 5.78 Å². The zero-order valence-corrected chi connectivity index (χ0v) is 14.0. The number of unbranched alkanes of at least 4 members (excludes halogenated alkanes) is 1. The van der Waals surface area contributed by atoms with Gasteiger partial charge in [0.05, 0.1) is 0 Å². The van der Waals surface area contributed by atoms with Gasteiger partial charge in [0, 0.05) is 24.8 Å². The molecule has 1 aromatic carbocycles. The summed E-state index contributed by atoms with van der Waals surface area (Å²) in [5, 5.41) is 2.79. The summed E-state index contributed by atoms with van der Waals surface area (Å²) in [6.45, 7) is 4.22. The van der Waals surface area contributed by atoms with Crippen LogP contribution in [0.1, 0.15) is 49.9 Å². The zero-order chi connectivity index (χ0) is 17.0. The first-order valence-corrected chi connectivity index (χ1v) is 8.09. The molecule has 0 heterocycles. The van der Waals surface area contributed by atoms with Crippen molar-refractivity contribution in [2.75, 3.05) is 18.9 Å². The van der Waals surface area contributed by atoms with Crippen LogP contribution in [0, 0.1) is 5.41 Å². The average molecular weight is 316 g/mol. The second kappa shape index (κ2) is 6.94. The molecule has 0 atom stereocenters. The normalized spacial score (nSPS) is 14.9. The highest BCUT2D eigenvalue weighted by atomic mass is 16.2. The van der Waals surface area contributed by atoms with Gasteiger partial charge in [-0.1, -0.05) is 25.5 Å². The van der Waals surface area contributed by atoms with Gasteiger partial charge in [-0.2, -0.15) is 0 Å². The van der Waals surface area contributed by atoms with Crippen LogP contribution in [0.25, 0.3) is 0 Å². The van der Waals surface area contributed by atoms with E-state index >= 15 is 0 Å². The topological polar surface area (TPSA) is 66.5 Å². The lowest BCUT2D eigenvalue weighted by Crippen LogP contribution is -2.41. The number of benzene rings is 1. The zero-order valence-electron chi connectivity index (χ0n) is 14.0. The lowest BCUT2D eigenvalue weighted by atomic mass is 10.0. The molecule has 1 aromatic rings. The molecular formula is C18H24N2O3. The Morgan fingerprint density at radius 3 is 2.52 bits per heavy atom. The largest absolute Gasteiger partial charge is 0.345 e. The lowest BCUT2D eigenvalue weighted by molar-refractivity contribution is -0.141. The van der Waals surface area contributed by atoms with Gasteiger partial charge in [0.1, 0.15) is 5.41 Å². The first-order chi connectivity index (χ1) is 10.9. The molecule has 0 spiro atoms. The van der Waals surface area contributed by atoms with Crippen LogP contribution < -0.4 is 5.32 Å². The number of ketones is 1. The van der Waals surface area contributed by atoms with Gasteiger partial charge in [-0.15, -0.1) is 0 Å². The molecule has 0 radical (unpaired) electrons. The van der Waals surface area contributed by atoms with E-state index in [-0.39, 0.29) is 17.6 Å². The number of nitrogens with one attached hydrogen (secondary N) is 1. The minimum absolute atomic E-state index is 0.0578. The predicted octanol–water partition coefficient (Wildman–Crippen LogP) is 2.87. The monoisotopic (exact) mass is 316 g/mol. The Labute approximate surface area is 137 Å². The van der Waals surface area contributed by atoms with Crippen LogP contribution in [0.2, 0.25) is 0 Å². The number of rotatable bonds is 7. The summed E-state index contributed by atoms with van der Waals surface area (Å²) in [5.41, 5.74) is 0.173. The summed E-state index contributed by atoms with van der Waals surface area (Å²) >= 11 is 0. The van der Waals surface area contributed by atoms with Gasteiger partial charge in [0.25, 0.3) is 0 Å². The number of anilines is 1. The van der Waals surface area contributed by atoms with E-state index in [9.17, 15) is 14.4 Å². The van der Waals surface area contributed by atoms with Crippen molar-refractivity contribution in [2.45, 2.75) is 39.5 Å². The third kappa shape index (κ3) is 3.78. The second-order valence-electron chi connectivity index (χ2n) is 6.25. The molecule has 1 N–H and O–H groups in total. The van der Waals surface area contributed by atoms with Gasteiger partial charge in [0.2, 0.25) is 11.8 Å². The maximum Gasteiger partial charge on any atom is 0.240 e. The highest BCUT2D eigenvalue weighted by Gasteiger charge is 2.57. The number of Topliss-reactive ketones (excluding diaryl/α,β-unsaturated/α-hetero) is 1. The van der Waals surface area contributed by atoms with E-state index < -0.39 is 5.41 Å². The molecule has 2 amide bonds. The minimum atomic E-state index is -0.922. The molecular weight excluding hydrogens is 292 g/mol. The van der Waals surface area contributed by atoms with E-state index in [4.69, 9.17) is 0 Å². The van der Waals surface area contributed by atoms with Crippen molar-refractivity contribution in [3.05, 3.63) is 29.8 Å². The van der Waals surface area contributed by atoms with E-state index in [2.05, 4.69) is 12.2 Å². The first-order valence-electron chi connectivity index (χ1n) is 8.09. The second-order valence-corrected chi connectivity index (χ2v) is 6.25. The Balaban J connectivity index is 2.06. The van der Waals surface area contributed by atoms with Crippen LogP contribution in [0.15, 0.2) is 24.3 Å². The van der Waals surface area contributed by atoms with Crippen molar-refractivity contribution >= 4 is 23.3 Å². The first kappa shape index (κ1) is 17.2. The van der Waals surface area contributed by atoms with Crippen molar-refractivity contribution < 1.29 is 14.4 Å². The molecule has 124 valence electrons. The van der Waals surface area contributed by atoms with Crippen LogP contribution in [-0.4, -0.2) is 36.1 Å². The quantitative estimate of drug-likeness (QED) is 0.621. The SMILES string of the molecule is CCCCN(C)C(=O)C1(C(=O)Nc2cccc(C(C)=O)c2)CC1. The summed E-state index contributed by atoms with van der Waals surface area (Å²) in [5.74, 6) is -0.435. The fourth-order valence-electron chi connectivity index (χ4n) is 2.59. The van der Waals surface area contributed by atoms with Gasteiger partial charge >= 0.3 is 0 Å². The van der Waals surface area contributed by atoms with Crippen LogP contribution >= 0.6 is 0 Å². The summed E-state index contributed by atoms with van der Waals surface area (Å²) in [6.07, 6.45) is 3.11. The molecule has 5 nitrogen and oxygen atoms in total. The number of hydrogen-bond acceptors (Lipinski definition) is 3. The van der Waals surface area contributed by atoms with Crippen molar-refractivity contribution in [3.63, 3.8) is 0 Å².